The van der Waals surface area contributed by atoms with Crippen LogP contribution in [0.4, 0.5) is 17.6 Å². The molecule has 11 heteroatoms. The predicted molar refractivity (Wildman–Crippen MR) is 104 cm³/mol. The van der Waals surface area contributed by atoms with Gasteiger partial charge in [-0.2, -0.15) is 18.3 Å². The number of nitrogens with zero attached hydrogens (tertiary/aromatic N) is 3. The fourth-order valence-electron chi connectivity index (χ4n) is 4.14. The minimum Gasteiger partial charge on any atom is -0.481 e. The molecule has 2 aromatic rings. The van der Waals surface area contributed by atoms with Gasteiger partial charge in [0.1, 0.15) is 5.82 Å². The summed E-state index contributed by atoms with van der Waals surface area (Å²) in [5.41, 5.74) is 0.0401. The van der Waals surface area contributed by atoms with E-state index in [2.05, 4.69) is 10.4 Å². The number of carboxylic acid groups (broad SMARTS) is 1. The lowest BCUT2D eigenvalue weighted by Gasteiger charge is -2.34. The molecule has 1 aliphatic heterocycles. The number of nitrogens with one attached hydrogen (secondary N) is 1. The van der Waals surface area contributed by atoms with Crippen molar-refractivity contribution in [2.75, 3.05) is 13.1 Å². The van der Waals surface area contributed by atoms with Crippen molar-refractivity contribution in [3.8, 4) is 0 Å². The summed E-state index contributed by atoms with van der Waals surface area (Å²) < 4.78 is 55.0. The van der Waals surface area contributed by atoms with Gasteiger partial charge in [-0.05, 0) is 37.0 Å². The van der Waals surface area contributed by atoms with Gasteiger partial charge in [-0.1, -0.05) is 12.1 Å². The number of fused-ring (bicyclic) bond motifs is 1. The predicted octanol–water partition coefficient (Wildman–Crippen LogP) is 2.43. The summed E-state index contributed by atoms with van der Waals surface area (Å²) in [6.45, 7) is 0.145. The van der Waals surface area contributed by atoms with Crippen LogP contribution in [0.25, 0.3) is 0 Å². The quantitative estimate of drug-likeness (QED) is 0.655. The number of amides is 1. The Labute approximate surface area is 181 Å². The van der Waals surface area contributed by atoms with Crippen molar-refractivity contribution in [2.24, 2.45) is 5.92 Å². The molecule has 0 atom stereocenters. The van der Waals surface area contributed by atoms with Gasteiger partial charge < -0.3 is 15.3 Å². The number of carbonyl (C=O) groups is 2. The molecule has 32 heavy (non-hydrogen) atoms. The van der Waals surface area contributed by atoms with E-state index >= 15 is 0 Å². The normalized spacial score (nSPS) is 20.6. The van der Waals surface area contributed by atoms with Crippen LogP contribution in [0, 0.1) is 11.7 Å². The summed E-state index contributed by atoms with van der Waals surface area (Å²) in [6.07, 6.45) is -3.68. The molecule has 1 aromatic carbocycles. The molecule has 0 saturated heterocycles. The first kappa shape index (κ1) is 22.3. The lowest BCUT2D eigenvalue weighted by molar-refractivity contribution is -0.145. The van der Waals surface area contributed by atoms with E-state index in [0.717, 1.165) is 0 Å². The zero-order valence-electron chi connectivity index (χ0n) is 17.0. The molecule has 2 aliphatic rings. The van der Waals surface area contributed by atoms with Crippen molar-refractivity contribution in [3.05, 3.63) is 52.6 Å². The van der Waals surface area contributed by atoms with E-state index < -0.39 is 29.6 Å². The summed E-state index contributed by atoms with van der Waals surface area (Å²) in [7, 11) is 0. The van der Waals surface area contributed by atoms with E-state index in [4.69, 9.17) is 5.11 Å². The average molecular weight is 454 g/mol. The zero-order chi connectivity index (χ0) is 23.0. The molecular weight excluding hydrogens is 432 g/mol. The number of carbonyl (C=O) groups excluding carboxylic acids is 1. The largest absolute Gasteiger partial charge is 0.481 e. The molecule has 172 valence electrons. The maximum Gasteiger partial charge on any atom is 0.435 e. The molecule has 1 saturated carbocycles. The summed E-state index contributed by atoms with van der Waals surface area (Å²) in [6, 6.07) is 5.37. The third-order valence-electron chi connectivity index (χ3n) is 6.03. The van der Waals surface area contributed by atoms with Crippen LogP contribution in [0.5, 0.6) is 0 Å². The SMILES string of the molecule is O=C(O)C1CC(NCC(=O)N2CCc3c(C(F)(F)F)nn(Cc4ccc(F)cc4)c3C2)C1. The minimum atomic E-state index is -4.61. The highest BCUT2D eigenvalue weighted by atomic mass is 19.4. The van der Waals surface area contributed by atoms with Gasteiger partial charge in [0, 0.05) is 18.2 Å². The van der Waals surface area contributed by atoms with Crippen LogP contribution in [0.15, 0.2) is 24.3 Å². The summed E-state index contributed by atoms with van der Waals surface area (Å²) in [5.74, 6) is -1.97. The van der Waals surface area contributed by atoms with E-state index in [1.807, 2.05) is 0 Å². The first-order valence-electron chi connectivity index (χ1n) is 10.3. The van der Waals surface area contributed by atoms with Gasteiger partial charge in [-0.25, -0.2) is 4.39 Å². The maximum atomic E-state index is 13.5. The fraction of sp³-hybridized carbons (Fsp3) is 0.476. The molecule has 1 aliphatic carbocycles. The van der Waals surface area contributed by atoms with Crippen LogP contribution in [0.3, 0.4) is 0 Å². The van der Waals surface area contributed by atoms with Gasteiger partial charge in [0.05, 0.1) is 31.2 Å². The van der Waals surface area contributed by atoms with Crippen LogP contribution in [-0.2, 0) is 35.3 Å². The molecule has 0 spiro atoms. The number of alkyl halides is 3. The third-order valence-corrected chi connectivity index (χ3v) is 6.03. The summed E-state index contributed by atoms with van der Waals surface area (Å²) >= 11 is 0. The molecule has 1 aromatic heterocycles. The van der Waals surface area contributed by atoms with Gasteiger partial charge in [0.2, 0.25) is 5.91 Å². The Hall–Kier alpha value is -2.95. The van der Waals surface area contributed by atoms with E-state index in [1.165, 1.54) is 33.8 Å². The molecule has 4 rings (SSSR count). The lowest BCUT2D eigenvalue weighted by Crippen LogP contribution is -2.49. The molecule has 2 N–H and O–H groups in total. The second-order valence-electron chi connectivity index (χ2n) is 8.21. The molecule has 1 amide bonds. The molecule has 0 bridgehead atoms. The summed E-state index contributed by atoms with van der Waals surface area (Å²) in [5, 5.41) is 15.7. The Morgan fingerprint density at radius 2 is 1.88 bits per heavy atom. The summed E-state index contributed by atoms with van der Waals surface area (Å²) in [4.78, 5) is 25.0. The Morgan fingerprint density at radius 1 is 1.19 bits per heavy atom. The second kappa shape index (κ2) is 8.53. The number of hydrogen-bond acceptors (Lipinski definition) is 4. The van der Waals surface area contributed by atoms with Gasteiger partial charge in [0.25, 0.3) is 0 Å². The van der Waals surface area contributed by atoms with Gasteiger partial charge in [-0.15, -0.1) is 0 Å². The van der Waals surface area contributed by atoms with E-state index in [9.17, 15) is 27.2 Å². The van der Waals surface area contributed by atoms with E-state index in [-0.39, 0.29) is 50.1 Å². The van der Waals surface area contributed by atoms with E-state index in [1.54, 1.807) is 0 Å². The molecule has 0 unspecified atom stereocenters. The Balaban J connectivity index is 1.47. The topological polar surface area (TPSA) is 87.5 Å². The standard InChI is InChI=1S/C21H22F4N4O3/c22-14-3-1-12(2-4-14)10-29-17-11-28(6-5-16(17)19(27-29)21(23,24)25)18(30)9-26-15-7-13(8-15)20(31)32/h1-4,13,15,26H,5-11H2,(H,31,32). The monoisotopic (exact) mass is 454 g/mol. The van der Waals surface area contributed by atoms with Crippen molar-refractivity contribution in [1.29, 1.82) is 0 Å². The molecule has 2 heterocycles. The van der Waals surface area contributed by atoms with Gasteiger partial charge in [0.15, 0.2) is 5.69 Å². The lowest BCUT2D eigenvalue weighted by atomic mass is 9.80. The number of halogens is 4. The number of carboxylic acids is 1. The molecule has 7 nitrogen and oxygen atoms in total. The van der Waals surface area contributed by atoms with Crippen LogP contribution < -0.4 is 5.32 Å². The Morgan fingerprint density at radius 3 is 2.50 bits per heavy atom. The van der Waals surface area contributed by atoms with Crippen molar-refractivity contribution in [3.63, 3.8) is 0 Å². The molecule has 1 fully saturated rings. The average Bonchev–Trinajstić information content (AvgIpc) is 3.06. The fourth-order valence-corrected chi connectivity index (χ4v) is 4.14. The van der Waals surface area contributed by atoms with Crippen LogP contribution in [0.1, 0.15) is 35.4 Å². The second-order valence-corrected chi connectivity index (χ2v) is 8.21. The first-order chi connectivity index (χ1) is 15.1. The van der Waals surface area contributed by atoms with Gasteiger partial charge in [-0.3, -0.25) is 14.3 Å². The first-order valence-corrected chi connectivity index (χ1v) is 10.3. The molecular formula is C21H22F4N4O3. The van der Waals surface area contributed by atoms with Crippen molar-refractivity contribution in [2.45, 2.75) is 44.6 Å². The number of aliphatic carboxylic acids is 1. The third kappa shape index (κ3) is 4.62. The van der Waals surface area contributed by atoms with Crippen LogP contribution in [-0.4, -0.2) is 50.8 Å². The zero-order valence-corrected chi connectivity index (χ0v) is 17.0. The highest BCUT2D eigenvalue weighted by Crippen LogP contribution is 2.35. The highest BCUT2D eigenvalue weighted by Gasteiger charge is 2.41. The van der Waals surface area contributed by atoms with Gasteiger partial charge >= 0.3 is 12.1 Å². The minimum absolute atomic E-state index is 0.00936. The highest BCUT2D eigenvalue weighted by molar-refractivity contribution is 5.78. The van der Waals surface area contributed by atoms with Crippen molar-refractivity contribution < 1.29 is 32.3 Å². The Kier molecular flexibility index (Phi) is 5.93. The number of benzene rings is 1. The number of aromatic nitrogens is 2. The van der Waals surface area contributed by atoms with Crippen LogP contribution >= 0.6 is 0 Å². The van der Waals surface area contributed by atoms with E-state index in [0.29, 0.717) is 24.1 Å². The molecule has 0 radical (unpaired) electrons. The Bertz CT molecular complexity index is 1010. The van der Waals surface area contributed by atoms with Crippen molar-refractivity contribution >= 4 is 11.9 Å². The maximum absolute atomic E-state index is 13.5. The number of rotatable bonds is 6. The number of hydrogen-bond donors (Lipinski definition) is 2. The smallest absolute Gasteiger partial charge is 0.435 e. The van der Waals surface area contributed by atoms with Crippen molar-refractivity contribution in [1.82, 2.24) is 20.0 Å². The van der Waals surface area contributed by atoms with Crippen LogP contribution in [0.2, 0.25) is 0 Å².